The predicted molar refractivity (Wildman–Crippen MR) is 73.0 cm³/mol. The van der Waals surface area contributed by atoms with Crippen LogP contribution in [0.1, 0.15) is 51.4 Å². The van der Waals surface area contributed by atoms with Crippen molar-refractivity contribution in [3.63, 3.8) is 0 Å². The highest BCUT2D eigenvalue weighted by molar-refractivity contribution is 7.84. The summed E-state index contributed by atoms with van der Waals surface area (Å²) in [5, 5.41) is 0. The first kappa shape index (κ1) is 14.3. The first-order valence-electron chi connectivity index (χ1n) is 5.95. The molecule has 0 amide bonds. The number of aromatic nitrogens is 1. The Balaban J connectivity index is 2.79. The summed E-state index contributed by atoms with van der Waals surface area (Å²) in [6.45, 7) is 9.95. The molecule has 3 nitrogen and oxygen atoms in total. The SMILES string of the molecule is CC[C@@H](N[S@@](=O)C(C)(C)C)c1ccc(C)nc1. The minimum absolute atomic E-state index is 0.100. The Kier molecular flexibility index (Phi) is 4.83. The average molecular weight is 254 g/mol. The second-order valence-electron chi connectivity index (χ2n) is 5.19. The van der Waals surface area contributed by atoms with E-state index >= 15 is 0 Å². The maximum atomic E-state index is 12.1. The Hall–Kier alpha value is -0.740. The highest BCUT2D eigenvalue weighted by Gasteiger charge is 2.22. The molecule has 1 N–H and O–H groups in total. The molecule has 0 radical (unpaired) electrons. The fourth-order valence-corrected chi connectivity index (χ4v) is 2.29. The van der Waals surface area contributed by atoms with Gasteiger partial charge >= 0.3 is 0 Å². The van der Waals surface area contributed by atoms with Crippen LogP contribution in [0.2, 0.25) is 0 Å². The minimum atomic E-state index is -1.05. The van der Waals surface area contributed by atoms with Gasteiger partial charge in [-0.3, -0.25) is 4.98 Å². The van der Waals surface area contributed by atoms with Crippen molar-refractivity contribution in [2.45, 2.75) is 51.8 Å². The van der Waals surface area contributed by atoms with E-state index in [-0.39, 0.29) is 10.8 Å². The largest absolute Gasteiger partial charge is 0.261 e. The standard InChI is InChI=1S/C13H22N2OS/c1-6-12(15-17(16)13(3,4)5)11-8-7-10(2)14-9-11/h7-9,12,15H,6H2,1-5H3/t12-,17+/m1/s1. The Morgan fingerprint density at radius 2 is 2.06 bits per heavy atom. The first-order valence-corrected chi connectivity index (χ1v) is 7.10. The van der Waals surface area contributed by atoms with Gasteiger partial charge in [-0.2, -0.15) is 0 Å². The van der Waals surface area contributed by atoms with Gasteiger partial charge in [0.1, 0.15) is 0 Å². The van der Waals surface area contributed by atoms with Crippen molar-refractivity contribution in [2.24, 2.45) is 0 Å². The quantitative estimate of drug-likeness (QED) is 0.897. The summed E-state index contributed by atoms with van der Waals surface area (Å²) < 4.78 is 15.0. The molecule has 0 fully saturated rings. The van der Waals surface area contributed by atoms with Crippen LogP contribution in [0.25, 0.3) is 0 Å². The smallest absolute Gasteiger partial charge is 0.0975 e. The fraction of sp³-hybridized carbons (Fsp3) is 0.615. The van der Waals surface area contributed by atoms with E-state index in [0.717, 1.165) is 17.7 Å². The number of hydrogen-bond donors (Lipinski definition) is 1. The summed E-state index contributed by atoms with van der Waals surface area (Å²) in [7, 11) is -1.05. The maximum absolute atomic E-state index is 12.1. The lowest BCUT2D eigenvalue weighted by molar-refractivity contribution is 0.588. The van der Waals surface area contributed by atoms with E-state index in [1.807, 2.05) is 46.0 Å². The molecule has 0 aliphatic rings. The van der Waals surface area contributed by atoms with Crippen molar-refractivity contribution in [1.29, 1.82) is 0 Å². The van der Waals surface area contributed by atoms with Gasteiger partial charge in [-0.15, -0.1) is 0 Å². The van der Waals surface area contributed by atoms with Crippen LogP contribution in [0.5, 0.6) is 0 Å². The molecule has 4 heteroatoms. The summed E-state index contributed by atoms with van der Waals surface area (Å²) in [5.41, 5.74) is 2.09. The third-order valence-electron chi connectivity index (χ3n) is 2.55. The van der Waals surface area contributed by atoms with Crippen molar-refractivity contribution >= 4 is 11.0 Å². The third-order valence-corrected chi connectivity index (χ3v) is 4.16. The predicted octanol–water partition coefficient (Wildman–Crippen LogP) is 2.89. The van der Waals surface area contributed by atoms with Gasteiger partial charge in [0.25, 0.3) is 0 Å². The van der Waals surface area contributed by atoms with E-state index in [0.29, 0.717) is 0 Å². The van der Waals surface area contributed by atoms with E-state index in [2.05, 4.69) is 16.6 Å². The van der Waals surface area contributed by atoms with Gasteiger partial charge in [0.05, 0.1) is 15.7 Å². The van der Waals surface area contributed by atoms with E-state index in [4.69, 9.17) is 0 Å². The molecule has 0 saturated carbocycles. The first-order chi connectivity index (χ1) is 7.84. The van der Waals surface area contributed by atoms with E-state index in [1.54, 1.807) is 0 Å². The van der Waals surface area contributed by atoms with E-state index < -0.39 is 11.0 Å². The molecule has 0 saturated heterocycles. The van der Waals surface area contributed by atoms with Crippen LogP contribution >= 0.6 is 0 Å². The molecule has 0 aliphatic heterocycles. The van der Waals surface area contributed by atoms with Gasteiger partial charge in [-0.25, -0.2) is 8.93 Å². The van der Waals surface area contributed by atoms with Crippen LogP contribution in [0.4, 0.5) is 0 Å². The van der Waals surface area contributed by atoms with Gasteiger partial charge in [-0.05, 0) is 45.7 Å². The van der Waals surface area contributed by atoms with Crippen LogP contribution in [-0.4, -0.2) is 13.9 Å². The molecule has 96 valence electrons. The molecular weight excluding hydrogens is 232 g/mol. The molecule has 1 rings (SSSR count). The van der Waals surface area contributed by atoms with Gasteiger partial charge in [0, 0.05) is 17.9 Å². The van der Waals surface area contributed by atoms with Gasteiger partial charge in [0.15, 0.2) is 0 Å². The number of nitrogens with zero attached hydrogens (tertiary/aromatic N) is 1. The number of nitrogens with one attached hydrogen (secondary N) is 1. The van der Waals surface area contributed by atoms with E-state index in [1.165, 1.54) is 0 Å². The van der Waals surface area contributed by atoms with Crippen LogP contribution < -0.4 is 4.72 Å². The Morgan fingerprint density at radius 3 is 2.47 bits per heavy atom. The summed E-state index contributed by atoms with van der Waals surface area (Å²) in [6.07, 6.45) is 2.75. The molecule has 1 aromatic heterocycles. The van der Waals surface area contributed by atoms with Crippen molar-refractivity contribution in [1.82, 2.24) is 9.71 Å². The fourth-order valence-electron chi connectivity index (χ4n) is 1.38. The van der Waals surface area contributed by atoms with Gasteiger partial charge in [0.2, 0.25) is 0 Å². The lowest BCUT2D eigenvalue weighted by Crippen LogP contribution is -2.35. The summed E-state index contributed by atoms with van der Waals surface area (Å²) >= 11 is 0. The average Bonchev–Trinajstić information content (AvgIpc) is 2.25. The zero-order valence-corrected chi connectivity index (χ0v) is 12.1. The highest BCUT2D eigenvalue weighted by Crippen LogP contribution is 2.19. The Labute approximate surface area is 107 Å². The summed E-state index contributed by atoms with van der Waals surface area (Å²) in [5.74, 6) is 0. The molecule has 0 aromatic carbocycles. The molecule has 17 heavy (non-hydrogen) atoms. The topological polar surface area (TPSA) is 42.0 Å². The zero-order chi connectivity index (χ0) is 13.1. The highest BCUT2D eigenvalue weighted by atomic mass is 32.2. The molecule has 1 heterocycles. The second-order valence-corrected chi connectivity index (χ2v) is 7.19. The lowest BCUT2D eigenvalue weighted by Gasteiger charge is -2.23. The van der Waals surface area contributed by atoms with Crippen LogP contribution in [0, 0.1) is 6.92 Å². The third kappa shape index (κ3) is 4.21. The number of aryl methyl sites for hydroxylation is 1. The number of hydrogen-bond acceptors (Lipinski definition) is 2. The number of pyridine rings is 1. The zero-order valence-electron chi connectivity index (χ0n) is 11.3. The second kappa shape index (κ2) is 5.74. The van der Waals surface area contributed by atoms with Crippen molar-refractivity contribution < 1.29 is 4.21 Å². The summed E-state index contributed by atoms with van der Waals surface area (Å²) in [4.78, 5) is 4.28. The molecule has 0 aliphatic carbocycles. The van der Waals surface area contributed by atoms with Gasteiger partial charge in [-0.1, -0.05) is 13.0 Å². The molecule has 2 atom stereocenters. The van der Waals surface area contributed by atoms with Crippen LogP contribution in [0.15, 0.2) is 18.3 Å². The van der Waals surface area contributed by atoms with Crippen molar-refractivity contribution in [3.05, 3.63) is 29.6 Å². The number of rotatable bonds is 4. The maximum Gasteiger partial charge on any atom is 0.0975 e. The van der Waals surface area contributed by atoms with Gasteiger partial charge < -0.3 is 0 Å². The van der Waals surface area contributed by atoms with E-state index in [9.17, 15) is 4.21 Å². The van der Waals surface area contributed by atoms with Crippen LogP contribution in [0.3, 0.4) is 0 Å². The lowest BCUT2D eigenvalue weighted by atomic mass is 10.1. The van der Waals surface area contributed by atoms with Crippen molar-refractivity contribution in [2.75, 3.05) is 0 Å². The molecule has 0 unspecified atom stereocenters. The Morgan fingerprint density at radius 1 is 1.41 bits per heavy atom. The molecule has 0 bridgehead atoms. The molecule has 1 aromatic rings. The van der Waals surface area contributed by atoms with Crippen LogP contribution in [-0.2, 0) is 11.0 Å². The van der Waals surface area contributed by atoms with Crippen molar-refractivity contribution in [3.8, 4) is 0 Å². The Bertz CT molecular complexity index is 381. The normalized spacial score (nSPS) is 15.6. The molecular formula is C13H22N2OS. The molecule has 0 spiro atoms. The summed E-state index contributed by atoms with van der Waals surface area (Å²) in [6, 6.07) is 4.13. The monoisotopic (exact) mass is 254 g/mol. The minimum Gasteiger partial charge on any atom is -0.261 e.